The minimum Gasteiger partial charge on any atom is -0.478 e. The van der Waals surface area contributed by atoms with Crippen molar-refractivity contribution in [3.05, 3.63) is 41.3 Å². The van der Waals surface area contributed by atoms with Gasteiger partial charge in [0, 0.05) is 11.6 Å². The molecule has 0 unspecified atom stereocenters. The zero-order valence-corrected chi connectivity index (χ0v) is 11.6. The minimum atomic E-state index is -1.15. The third kappa shape index (κ3) is 2.68. The average Bonchev–Trinajstić information content (AvgIpc) is 2.97. The quantitative estimate of drug-likeness (QED) is 0.898. The first-order valence-electron chi connectivity index (χ1n) is 7.24. The molecular formula is C16H17FN2O2. The molecule has 110 valence electrons. The molecule has 5 heteroatoms. The summed E-state index contributed by atoms with van der Waals surface area (Å²) in [6.45, 7) is 0. The van der Waals surface area contributed by atoms with E-state index in [1.54, 1.807) is 6.07 Å². The summed E-state index contributed by atoms with van der Waals surface area (Å²) in [5, 5.41) is 16.3. The van der Waals surface area contributed by atoms with Crippen LogP contribution in [0.1, 0.15) is 54.1 Å². The van der Waals surface area contributed by atoms with Gasteiger partial charge in [-0.3, -0.25) is 5.10 Å². The number of nitrogens with one attached hydrogen (secondary N) is 1. The molecule has 2 aromatic rings. The van der Waals surface area contributed by atoms with E-state index in [2.05, 4.69) is 10.2 Å². The zero-order valence-electron chi connectivity index (χ0n) is 11.6. The third-order valence-electron chi connectivity index (χ3n) is 4.14. The number of hydrogen-bond acceptors (Lipinski definition) is 2. The third-order valence-corrected chi connectivity index (χ3v) is 4.14. The fourth-order valence-electron chi connectivity index (χ4n) is 3.05. The van der Waals surface area contributed by atoms with Gasteiger partial charge in [0.1, 0.15) is 5.82 Å². The van der Waals surface area contributed by atoms with Crippen LogP contribution in [0.2, 0.25) is 0 Å². The number of rotatable bonds is 3. The summed E-state index contributed by atoms with van der Waals surface area (Å²) < 4.78 is 14.0. The summed E-state index contributed by atoms with van der Waals surface area (Å²) in [7, 11) is 0. The van der Waals surface area contributed by atoms with Crippen LogP contribution in [-0.2, 0) is 0 Å². The van der Waals surface area contributed by atoms with E-state index < -0.39 is 11.8 Å². The summed E-state index contributed by atoms with van der Waals surface area (Å²) in [6, 6.07) is 5.85. The Balaban J connectivity index is 1.98. The Hall–Kier alpha value is -2.17. The molecule has 0 radical (unpaired) electrons. The number of nitrogens with zero attached hydrogens (tertiary/aromatic N) is 1. The molecular weight excluding hydrogens is 271 g/mol. The molecule has 2 N–H and O–H groups in total. The number of halogens is 1. The van der Waals surface area contributed by atoms with Crippen molar-refractivity contribution in [1.29, 1.82) is 0 Å². The van der Waals surface area contributed by atoms with Gasteiger partial charge in [0.25, 0.3) is 0 Å². The van der Waals surface area contributed by atoms with Crippen LogP contribution in [0, 0.1) is 5.82 Å². The summed E-state index contributed by atoms with van der Waals surface area (Å²) >= 11 is 0. The number of aromatic amines is 1. The number of benzene rings is 1. The van der Waals surface area contributed by atoms with Gasteiger partial charge in [-0.05, 0) is 31.0 Å². The van der Waals surface area contributed by atoms with Crippen LogP contribution in [0.25, 0.3) is 11.3 Å². The fourth-order valence-corrected chi connectivity index (χ4v) is 3.05. The smallest absolute Gasteiger partial charge is 0.336 e. The van der Waals surface area contributed by atoms with Crippen molar-refractivity contribution in [3.8, 4) is 11.3 Å². The molecule has 1 aliphatic carbocycles. The Morgan fingerprint density at radius 1 is 1.29 bits per heavy atom. The first kappa shape index (κ1) is 13.8. The lowest BCUT2D eigenvalue weighted by Gasteiger charge is -2.19. The Morgan fingerprint density at radius 2 is 2.05 bits per heavy atom. The van der Waals surface area contributed by atoms with E-state index in [9.17, 15) is 14.3 Å². The predicted octanol–water partition coefficient (Wildman–Crippen LogP) is 3.96. The maximum absolute atomic E-state index is 14.0. The largest absolute Gasteiger partial charge is 0.478 e. The van der Waals surface area contributed by atoms with Crippen molar-refractivity contribution in [3.63, 3.8) is 0 Å². The first-order chi connectivity index (χ1) is 10.2. The van der Waals surface area contributed by atoms with E-state index in [4.69, 9.17) is 0 Å². The van der Waals surface area contributed by atoms with E-state index in [0.29, 0.717) is 11.6 Å². The predicted molar refractivity (Wildman–Crippen MR) is 76.8 cm³/mol. The number of carboxylic acid groups (broad SMARTS) is 1. The summed E-state index contributed by atoms with van der Waals surface area (Å²) in [4.78, 5) is 11.3. The van der Waals surface area contributed by atoms with Crippen LogP contribution in [0.4, 0.5) is 4.39 Å². The van der Waals surface area contributed by atoms with Crippen molar-refractivity contribution < 1.29 is 14.3 Å². The van der Waals surface area contributed by atoms with Crippen molar-refractivity contribution in [1.82, 2.24) is 10.2 Å². The highest BCUT2D eigenvalue weighted by Gasteiger charge is 2.22. The van der Waals surface area contributed by atoms with Crippen molar-refractivity contribution in [2.24, 2.45) is 0 Å². The number of carbonyl (C=O) groups is 1. The number of hydrogen-bond donors (Lipinski definition) is 2. The normalized spacial score (nSPS) is 16.0. The number of carboxylic acids is 1. The van der Waals surface area contributed by atoms with Crippen LogP contribution >= 0.6 is 0 Å². The number of aromatic nitrogens is 2. The van der Waals surface area contributed by atoms with Gasteiger partial charge in [0.05, 0.1) is 16.8 Å². The molecule has 0 amide bonds. The average molecular weight is 288 g/mol. The molecule has 1 saturated carbocycles. The van der Waals surface area contributed by atoms with Gasteiger partial charge in [0.15, 0.2) is 0 Å². The van der Waals surface area contributed by atoms with Crippen molar-refractivity contribution >= 4 is 5.97 Å². The summed E-state index contributed by atoms with van der Waals surface area (Å²) in [5.74, 6) is -1.29. The lowest BCUT2D eigenvalue weighted by Crippen LogP contribution is -2.04. The molecule has 0 atom stereocenters. The molecule has 1 heterocycles. The Kier molecular flexibility index (Phi) is 3.73. The van der Waals surface area contributed by atoms with E-state index in [1.807, 2.05) is 0 Å². The van der Waals surface area contributed by atoms with E-state index in [-0.39, 0.29) is 11.1 Å². The van der Waals surface area contributed by atoms with Crippen molar-refractivity contribution in [2.45, 2.75) is 38.0 Å². The van der Waals surface area contributed by atoms with E-state index in [1.165, 1.54) is 37.5 Å². The van der Waals surface area contributed by atoms with Crippen molar-refractivity contribution in [2.75, 3.05) is 0 Å². The highest BCUT2D eigenvalue weighted by Crippen LogP contribution is 2.34. The maximum Gasteiger partial charge on any atom is 0.336 e. The molecule has 1 aliphatic rings. The Morgan fingerprint density at radius 3 is 2.76 bits per heavy atom. The van der Waals surface area contributed by atoms with Crippen LogP contribution in [0.3, 0.4) is 0 Å². The topological polar surface area (TPSA) is 66.0 Å². The van der Waals surface area contributed by atoms with E-state index in [0.717, 1.165) is 18.5 Å². The second kappa shape index (κ2) is 5.68. The summed E-state index contributed by atoms with van der Waals surface area (Å²) in [5.41, 5.74) is 1.34. The second-order valence-corrected chi connectivity index (χ2v) is 5.51. The highest BCUT2D eigenvalue weighted by atomic mass is 19.1. The van der Waals surface area contributed by atoms with Gasteiger partial charge < -0.3 is 5.11 Å². The van der Waals surface area contributed by atoms with Gasteiger partial charge in [-0.25, -0.2) is 9.18 Å². The minimum absolute atomic E-state index is 0.0586. The van der Waals surface area contributed by atoms with Crippen LogP contribution in [-0.4, -0.2) is 21.3 Å². The highest BCUT2D eigenvalue weighted by molar-refractivity contribution is 5.95. The van der Waals surface area contributed by atoms with Crippen LogP contribution in [0.15, 0.2) is 24.3 Å². The van der Waals surface area contributed by atoms with Gasteiger partial charge in [-0.15, -0.1) is 0 Å². The summed E-state index contributed by atoms with van der Waals surface area (Å²) in [6.07, 6.45) is 5.85. The second-order valence-electron chi connectivity index (χ2n) is 5.51. The molecule has 1 aromatic carbocycles. The van der Waals surface area contributed by atoms with Crippen LogP contribution < -0.4 is 0 Å². The van der Waals surface area contributed by atoms with Gasteiger partial charge in [-0.2, -0.15) is 5.10 Å². The molecule has 0 saturated heterocycles. The van der Waals surface area contributed by atoms with Gasteiger partial charge in [0.2, 0.25) is 0 Å². The molecule has 3 rings (SSSR count). The van der Waals surface area contributed by atoms with Gasteiger partial charge >= 0.3 is 5.97 Å². The number of aromatic carboxylic acids is 1. The Bertz CT molecular complexity index is 660. The lowest BCUT2D eigenvalue weighted by molar-refractivity contribution is 0.0697. The molecule has 1 fully saturated rings. The maximum atomic E-state index is 14.0. The SMILES string of the molecule is O=C(O)c1cccc(F)c1-c1cc(C2CCCCC2)[nH]n1. The van der Waals surface area contributed by atoms with Gasteiger partial charge in [-0.1, -0.05) is 25.3 Å². The van der Waals surface area contributed by atoms with Crippen LogP contribution in [0.5, 0.6) is 0 Å². The molecule has 1 aromatic heterocycles. The standard InChI is InChI=1S/C16H17FN2O2/c17-12-8-4-7-11(16(20)21)15(12)14-9-13(18-19-14)10-5-2-1-3-6-10/h4,7-10H,1-3,5-6H2,(H,18,19)(H,20,21). The first-order valence-corrected chi connectivity index (χ1v) is 7.24. The molecule has 0 bridgehead atoms. The lowest BCUT2D eigenvalue weighted by atomic mass is 9.87. The Labute approximate surface area is 122 Å². The van der Waals surface area contributed by atoms with E-state index >= 15 is 0 Å². The zero-order chi connectivity index (χ0) is 14.8. The number of H-pyrrole nitrogens is 1. The molecule has 0 spiro atoms. The molecule has 0 aliphatic heterocycles. The molecule has 21 heavy (non-hydrogen) atoms. The molecule has 4 nitrogen and oxygen atoms in total. The fraction of sp³-hybridized carbons (Fsp3) is 0.375. The monoisotopic (exact) mass is 288 g/mol.